The van der Waals surface area contributed by atoms with E-state index >= 15 is 0 Å². The van der Waals surface area contributed by atoms with Crippen molar-refractivity contribution in [3.8, 4) is 0 Å². The molecule has 110 valence electrons. The SMILES string of the molecule is C=C(C)C(=O)NC(=O)CCCCCCCCCCN. The van der Waals surface area contributed by atoms with Gasteiger partial charge in [0.25, 0.3) is 5.91 Å². The van der Waals surface area contributed by atoms with Gasteiger partial charge in [0.15, 0.2) is 0 Å². The molecule has 0 saturated carbocycles. The maximum Gasteiger partial charge on any atom is 0.252 e. The van der Waals surface area contributed by atoms with Crippen molar-refractivity contribution in [1.29, 1.82) is 0 Å². The first-order valence-electron chi connectivity index (χ1n) is 7.27. The molecule has 0 aliphatic heterocycles. The molecule has 0 rings (SSSR count). The zero-order chi connectivity index (χ0) is 14.5. The maximum absolute atomic E-state index is 11.4. The lowest BCUT2D eigenvalue weighted by Gasteiger charge is -2.04. The Morgan fingerprint density at radius 3 is 1.89 bits per heavy atom. The van der Waals surface area contributed by atoms with Gasteiger partial charge < -0.3 is 5.73 Å². The summed E-state index contributed by atoms with van der Waals surface area (Å²) in [6.45, 7) is 5.87. The molecule has 0 saturated heterocycles. The molecular formula is C15H28N2O2. The fourth-order valence-electron chi connectivity index (χ4n) is 1.79. The zero-order valence-corrected chi connectivity index (χ0v) is 12.2. The molecule has 0 atom stereocenters. The number of nitrogens with one attached hydrogen (secondary N) is 1. The number of nitrogens with two attached hydrogens (primary N) is 1. The first-order valence-corrected chi connectivity index (χ1v) is 7.27. The van der Waals surface area contributed by atoms with Crippen LogP contribution >= 0.6 is 0 Å². The summed E-state index contributed by atoms with van der Waals surface area (Å²) in [7, 11) is 0. The van der Waals surface area contributed by atoms with Crippen LogP contribution in [-0.4, -0.2) is 18.4 Å². The molecule has 0 aromatic carbocycles. The number of hydrogen-bond donors (Lipinski definition) is 2. The molecule has 0 unspecified atom stereocenters. The van der Waals surface area contributed by atoms with Crippen LogP contribution in [0.4, 0.5) is 0 Å². The van der Waals surface area contributed by atoms with Gasteiger partial charge in [0.1, 0.15) is 0 Å². The number of imide groups is 1. The van der Waals surface area contributed by atoms with Gasteiger partial charge in [0.2, 0.25) is 5.91 Å². The van der Waals surface area contributed by atoms with E-state index in [9.17, 15) is 9.59 Å². The van der Waals surface area contributed by atoms with Gasteiger partial charge in [-0.15, -0.1) is 0 Å². The number of hydrogen-bond acceptors (Lipinski definition) is 3. The Hall–Kier alpha value is -1.16. The molecule has 3 N–H and O–H groups in total. The molecule has 0 heterocycles. The van der Waals surface area contributed by atoms with Gasteiger partial charge in [-0.25, -0.2) is 0 Å². The Balaban J connectivity index is 3.32. The Labute approximate surface area is 116 Å². The molecule has 0 aromatic heterocycles. The van der Waals surface area contributed by atoms with Crippen LogP contribution in [0.15, 0.2) is 12.2 Å². The molecule has 19 heavy (non-hydrogen) atoms. The van der Waals surface area contributed by atoms with Crippen molar-refractivity contribution in [2.24, 2.45) is 5.73 Å². The van der Waals surface area contributed by atoms with E-state index in [-0.39, 0.29) is 11.8 Å². The minimum atomic E-state index is -0.370. The molecule has 0 aliphatic carbocycles. The van der Waals surface area contributed by atoms with Crippen LogP contribution in [-0.2, 0) is 9.59 Å². The minimum Gasteiger partial charge on any atom is -0.330 e. The Kier molecular flexibility index (Phi) is 11.2. The predicted molar refractivity (Wildman–Crippen MR) is 78.6 cm³/mol. The second-order valence-electron chi connectivity index (χ2n) is 5.02. The number of unbranched alkanes of at least 4 members (excludes halogenated alkanes) is 7. The van der Waals surface area contributed by atoms with E-state index < -0.39 is 0 Å². The first kappa shape index (κ1) is 17.8. The van der Waals surface area contributed by atoms with Crippen LogP contribution in [0.5, 0.6) is 0 Å². The van der Waals surface area contributed by atoms with Crippen LogP contribution in [0.2, 0.25) is 0 Å². The summed E-state index contributed by atoms with van der Waals surface area (Å²) < 4.78 is 0. The van der Waals surface area contributed by atoms with Crippen molar-refractivity contribution in [3.05, 3.63) is 12.2 Å². The smallest absolute Gasteiger partial charge is 0.252 e. The van der Waals surface area contributed by atoms with E-state index in [0.717, 1.165) is 32.2 Å². The average Bonchev–Trinajstić information content (AvgIpc) is 2.36. The van der Waals surface area contributed by atoms with Crippen LogP contribution in [0.25, 0.3) is 0 Å². The predicted octanol–water partition coefficient (Wildman–Crippen LogP) is 2.67. The van der Waals surface area contributed by atoms with E-state index in [4.69, 9.17) is 5.73 Å². The van der Waals surface area contributed by atoms with E-state index in [1.54, 1.807) is 6.92 Å². The summed E-state index contributed by atoms with van der Waals surface area (Å²) in [5, 5.41) is 2.32. The third kappa shape index (κ3) is 11.7. The summed E-state index contributed by atoms with van der Waals surface area (Å²) in [6.07, 6.45) is 9.54. The highest BCUT2D eigenvalue weighted by Crippen LogP contribution is 2.09. The van der Waals surface area contributed by atoms with Crippen molar-refractivity contribution in [3.63, 3.8) is 0 Å². The van der Waals surface area contributed by atoms with Gasteiger partial charge in [-0.1, -0.05) is 45.1 Å². The lowest BCUT2D eigenvalue weighted by molar-refractivity contribution is -0.128. The molecule has 0 aliphatic rings. The summed E-state index contributed by atoms with van der Waals surface area (Å²) in [4.78, 5) is 22.6. The number of carbonyl (C=O) groups is 2. The zero-order valence-electron chi connectivity index (χ0n) is 12.2. The second-order valence-corrected chi connectivity index (χ2v) is 5.02. The van der Waals surface area contributed by atoms with Gasteiger partial charge in [0, 0.05) is 12.0 Å². The molecule has 2 amide bonds. The molecule has 0 aromatic rings. The second kappa shape index (κ2) is 11.9. The average molecular weight is 268 g/mol. The van der Waals surface area contributed by atoms with E-state index in [1.165, 1.54) is 25.7 Å². The van der Waals surface area contributed by atoms with Crippen LogP contribution in [0.3, 0.4) is 0 Å². The third-order valence-electron chi connectivity index (χ3n) is 3.00. The number of carbonyl (C=O) groups excluding carboxylic acids is 2. The topological polar surface area (TPSA) is 72.2 Å². The highest BCUT2D eigenvalue weighted by molar-refractivity contribution is 6.03. The van der Waals surface area contributed by atoms with Crippen LogP contribution < -0.4 is 11.1 Å². The quantitative estimate of drug-likeness (QED) is 0.447. The van der Waals surface area contributed by atoms with Crippen molar-refractivity contribution < 1.29 is 9.59 Å². The third-order valence-corrected chi connectivity index (χ3v) is 3.00. The van der Waals surface area contributed by atoms with E-state index in [0.29, 0.717) is 12.0 Å². The summed E-state index contributed by atoms with van der Waals surface area (Å²) in [6, 6.07) is 0. The van der Waals surface area contributed by atoms with Gasteiger partial charge in [-0.2, -0.15) is 0 Å². The van der Waals surface area contributed by atoms with Gasteiger partial charge in [-0.3, -0.25) is 14.9 Å². The Morgan fingerprint density at radius 1 is 0.947 bits per heavy atom. The summed E-state index contributed by atoms with van der Waals surface area (Å²) in [5.41, 5.74) is 5.79. The fourth-order valence-corrected chi connectivity index (χ4v) is 1.79. The summed E-state index contributed by atoms with van der Waals surface area (Å²) >= 11 is 0. The minimum absolute atomic E-state index is 0.198. The fraction of sp³-hybridized carbons (Fsp3) is 0.733. The lowest BCUT2D eigenvalue weighted by Crippen LogP contribution is -2.30. The molecule has 0 fully saturated rings. The van der Waals surface area contributed by atoms with Gasteiger partial charge in [0.05, 0.1) is 0 Å². The van der Waals surface area contributed by atoms with Crippen molar-refractivity contribution in [2.45, 2.75) is 64.7 Å². The highest BCUT2D eigenvalue weighted by Gasteiger charge is 2.07. The lowest BCUT2D eigenvalue weighted by atomic mass is 10.1. The molecule has 0 bridgehead atoms. The number of rotatable bonds is 11. The first-order chi connectivity index (χ1) is 9.07. The molecule has 0 radical (unpaired) electrons. The van der Waals surface area contributed by atoms with Gasteiger partial charge in [-0.05, 0) is 26.3 Å². The van der Waals surface area contributed by atoms with Gasteiger partial charge >= 0.3 is 0 Å². The standard InChI is InChI=1S/C15H28N2O2/c1-13(2)15(19)17-14(18)11-9-7-5-3-4-6-8-10-12-16/h1,3-12,16H2,2H3,(H,17,18,19). The van der Waals surface area contributed by atoms with Crippen LogP contribution in [0.1, 0.15) is 64.7 Å². The molecular weight excluding hydrogens is 240 g/mol. The van der Waals surface area contributed by atoms with E-state index in [1.807, 2.05) is 0 Å². The highest BCUT2D eigenvalue weighted by atomic mass is 16.2. The van der Waals surface area contributed by atoms with E-state index in [2.05, 4.69) is 11.9 Å². The molecule has 4 heteroatoms. The van der Waals surface area contributed by atoms with Crippen molar-refractivity contribution in [2.75, 3.05) is 6.54 Å². The Bertz CT molecular complexity index is 288. The monoisotopic (exact) mass is 268 g/mol. The maximum atomic E-state index is 11.4. The normalized spacial score (nSPS) is 10.2. The summed E-state index contributed by atoms with van der Waals surface area (Å²) in [5.74, 6) is -0.569. The van der Waals surface area contributed by atoms with Crippen LogP contribution in [0, 0.1) is 0 Å². The van der Waals surface area contributed by atoms with Crippen molar-refractivity contribution >= 4 is 11.8 Å². The molecule has 0 spiro atoms. The van der Waals surface area contributed by atoms with Crippen molar-refractivity contribution in [1.82, 2.24) is 5.32 Å². The largest absolute Gasteiger partial charge is 0.330 e. The molecule has 4 nitrogen and oxygen atoms in total. The Morgan fingerprint density at radius 2 is 1.42 bits per heavy atom. The number of amides is 2.